The third kappa shape index (κ3) is 4.59. The third-order valence-electron chi connectivity index (χ3n) is 3.79. The van der Waals surface area contributed by atoms with E-state index in [-0.39, 0.29) is 17.7 Å². The van der Waals surface area contributed by atoms with Gasteiger partial charge in [0.1, 0.15) is 0 Å². The van der Waals surface area contributed by atoms with E-state index in [0.29, 0.717) is 0 Å². The van der Waals surface area contributed by atoms with Gasteiger partial charge in [-0.15, -0.1) is 0 Å². The molecule has 1 rings (SSSR count). The number of carboxylic acids is 1. The maximum absolute atomic E-state index is 12.6. The van der Waals surface area contributed by atoms with Crippen molar-refractivity contribution in [3.63, 3.8) is 0 Å². The first-order valence-corrected chi connectivity index (χ1v) is 7.13. The van der Waals surface area contributed by atoms with Crippen molar-refractivity contribution < 1.29 is 14.7 Å². The Hall–Kier alpha value is -1.84. The zero-order valence-corrected chi connectivity index (χ0v) is 13.4. The largest absolute Gasteiger partial charge is 0.481 e. The lowest BCUT2D eigenvalue weighted by molar-refractivity contribution is -0.138. The Morgan fingerprint density at radius 1 is 1.10 bits per heavy atom. The second-order valence-corrected chi connectivity index (χ2v) is 6.98. The number of nitrogens with one attached hydrogen (secondary N) is 1. The molecule has 0 bridgehead atoms. The van der Waals surface area contributed by atoms with Crippen LogP contribution in [0.4, 0.5) is 0 Å². The lowest BCUT2D eigenvalue weighted by Crippen LogP contribution is -2.50. The number of hydrogen-bond acceptors (Lipinski definition) is 2. The van der Waals surface area contributed by atoms with Gasteiger partial charge in [-0.25, -0.2) is 0 Å². The molecule has 1 amide bonds. The summed E-state index contributed by atoms with van der Waals surface area (Å²) >= 11 is 0. The maximum atomic E-state index is 12.6. The van der Waals surface area contributed by atoms with Crippen molar-refractivity contribution in [3.05, 3.63) is 35.9 Å². The van der Waals surface area contributed by atoms with Crippen LogP contribution in [0.1, 0.15) is 46.6 Å². The highest BCUT2D eigenvalue weighted by molar-refractivity contribution is 5.88. The van der Waals surface area contributed by atoms with Crippen LogP contribution in [0.15, 0.2) is 30.3 Å². The molecular weight excluding hydrogens is 266 g/mol. The molecule has 0 radical (unpaired) electrons. The van der Waals surface area contributed by atoms with Crippen molar-refractivity contribution >= 4 is 11.9 Å². The van der Waals surface area contributed by atoms with Crippen LogP contribution in [0.25, 0.3) is 0 Å². The summed E-state index contributed by atoms with van der Waals surface area (Å²) in [5, 5.41) is 11.9. The summed E-state index contributed by atoms with van der Waals surface area (Å²) in [6, 6.07) is 9.09. The van der Waals surface area contributed by atoms with Crippen molar-refractivity contribution in [2.75, 3.05) is 0 Å². The molecule has 0 fully saturated rings. The smallest absolute Gasteiger partial charge is 0.305 e. The maximum Gasteiger partial charge on any atom is 0.305 e. The molecule has 0 heterocycles. The topological polar surface area (TPSA) is 66.4 Å². The predicted octanol–water partition coefficient (Wildman–Crippen LogP) is 2.97. The van der Waals surface area contributed by atoms with E-state index in [4.69, 9.17) is 5.11 Å². The van der Waals surface area contributed by atoms with Crippen LogP contribution >= 0.6 is 0 Å². The fourth-order valence-electron chi connectivity index (χ4n) is 2.07. The number of hydrogen-bond donors (Lipinski definition) is 2. The first-order valence-electron chi connectivity index (χ1n) is 7.13. The van der Waals surface area contributed by atoms with Crippen molar-refractivity contribution in [2.45, 2.75) is 52.5 Å². The molecule has 0 spiro atoms. The summed E-state index contributed by atoms with van der Waals surface area (Å²) in [4.78, 5) is 23.6. The van der Waals surface area contributed by atoms with Crippen LogP contribution in [0, 0.1) is 5.41 Å². The Labute approximate surface area is 126 Å². The Balaban J connectivity index is 2.94. The van der Waals surface area contributed by atoms with Crippen molar-refractivity contribution in [2.24, 2.45) is 5.41 Å². The Morgan fingerprint density at radius 3 is 2.05 bits per heavy atom. The van der Waals surface area contributed by atoms with E-state index < -0.39 is 17.4 Å². The number of aliphatic carboxylic acids is 1. The first-order chi connectivity index (χ1) is 9.55. The molecule has 1 aromatic rings. The Morgan fingerprint density at radius 2 is 1.62 bits per heavy atom. The lowest BCUT2D eigenvalue weighted by Gasteiger charge is -2.34. The SMILES string of the molecule is CC(C)(C(=O)NC(CC(=O)O)C(C)(C)C)c1ccccc1. The summed E-state index contributed by atoms with van der Waals surface area (Å²) in [5.74, 6) is -1.07. The van der Waals surface area contributed by atoms with E-state index in [0.717, 1.165) is 5.56 Å². The molecule has 0 saturated carbocycles. The van der Waals surface area contributed by atoms with Gasteiger partial charge >= 0.3 is 5.97 Å². The van der Waals surface area contributed by atoms with E-state index in [1.807, 2.05) is 65.0 Å². The second kappa shape index (κ2) is 6.29. The number of benzene rings is 1. The van der Waals surface area contributed by atoms with Gasteiger partial charge in [-0.1, -0.05) is 51.1 Å². The van der Waals surface area contributed by atoms with Gasteiger partial charge in [-0.3, -0.25) is 9.59 Å². The fourth-order valence-corrected chi connectivity index (χ4v) is 2.07. The van der Waals surface area contributed by atoms with Gasteiger partial charge in [0.15, 0.2) is 0 Å². The molecule has 4 heteroatoms. The Bertz CT molecular complexity index is 501. The van der Waals surface area contributed by atoms with Crippen molar-refractivity contribution in [1.82, 2.24) is 5.32 Å². The zero-order valence-electron chi connectivity index (χ0n) is 13.4. The standard InChI is InChI=1S/C17H25NO3/c1-16(2,3)13(11-14(19)20)18-15(21)17(4,5)12-9-7-6-8-10-12/h6-10,13H,11H2,1-5H3,(H,18,21)(H,19,20). The van der Waals surface area contributed by atoms with Crippen LogP contribution in [-0.4, -0.2) is 23.0 Å². The second-order valence-electron chi connectivity index (χ2n) is 6.98. The highest BCUT2D eigenvalue weighted by Crippen LogP contribution is 2.26. The number of carbonyl (C=O) groups excluding carboxylic acids is 1. The molecule has 1 atom stereocenters. The minimum absolute atomic E-state index is 0.0832. The molecule has 116 valence electrons. The summed E-state index contributed by atoms with van der Waals surface area (Å²) in [6.45, 7) is 9.47. The quantitative estimate of drug-likeness (QED) is 0.876. The summed E-state index contributed by atoms with van der Waals surface area (Å²) in [7, 11) is 0. The molecule has 1 aromatic carbocycles. The number of carbonyl (C=O) groups is 2. The van der Waals surface area contributed by atoms with E-state index in [2.05, 4.69) is 5.32 Å². The minimum Gasteiger partial charge on any atom is -0.481 e. The molecular formula is C17H25NO3. The Kier molecular flexibility index (Phi) is 5.15. The molecule has 21 heavy (non-hydrogen) atoms. The van der Waals surface area contributed by atoms with Gasteiger partial charge in [0.25, 0.3) is 0 Å². The van der Waals surface area contributed by atoms with E-state index in [1.54, 1.807) is 0 Å². The highest BCUT2D eigenvalue weighted by atomic mass is 16.4. The third-order valence-corrected chi connectivity index (χ3v) is 3.79. The first kappa shape index (κ1) is 17.2. The molecule has 0 aromatic heterocycles. The van der Waals surface area contributed by atoms with E-state index in [9.17, 15) is 9.59 Å². The van der Waals surface area contributed by atoms with Crippen molar-refractivity contribution in [1.29, 1.82) is 0 Å². The van der Waals surface area contributed by atoms with E-state index in [1.165, 1.54) is 0 Å². The van der Waals surface area contributed by atoms with Crippen molar-refractivity contribution in [3.8, 4) is 0 Å². The summed E-state index contributed by atoms with van der Waals surface area (Å²) in [6.07, 6.45) is -0.0832. The van der Waals surface area contributed by atoms with Crippen LogP contribution in [0.2, 0.25) is 0 Å². The van der Waals surface area contributed by atoms with Gasteiger partial charge in [-0.2, -0.15) is 0 Å². The van der Waals surface area contributed by atoms with Gasteiger partial charge in [-0.05, 0) is 24.8 Å². The van der Waals surface area contributed by atoms with Crippen LogP contribution in [0.3, 0.4) is 0 Å². The number of amides is 1. The predicted molar refractivity (Wildman–Crippen MR) is 83.1 cm³/mol. The average Bonchev–Trinajstić information content (AvgIpc) is 2.37. The summed E-state index contributed by atoms with van der Waals surface area (Å²) < 4.78 is 0. The molecule has 0 aliphatic heterocycles. The van der Waals surface area contributed by atoms with Crippen LogP contribution < -0.4 is 5.32 Å². The zero-order chi connectivity index (χ0) is 16.3. The summed E-state index contributed by atoms with van der Waals surface area (Å²) in [5.41, 5.74) is -0.116. The van der Waals surface area contributed by atoms with Gasteiger partial charge < -0.3 is 10.4 Å². The molecule has 0 aliphatic rings. The molecule has 0 aliphatic carbocycles. The molecule has 1 unspecified atom stereocenters. The van der Waals surface area contributed by atoms with E-state index >= 15 is 0 Å². The molecule has 2 N–H and O–H groups in total. The van der Waals surface area contributed by atoms with Gasteiger partial charge in [0.05, 0.1) is 11.8 Å². The number of rotatable bonds is 5. The van der Waals surface area contributed by atoms with Crippen LogP contribution in [-0.2, 0) is 15.0 Å². The van der Waals surface area contributed by atoms with Gasteiger partial charge in [0, 0.05) is 6.04 Å². The van der Waals surface area contributed by atoms with Gasteiger partial charge in [0.2, 0.25) is 5.91 Å². The average molecular weight is 291 g/mol. The normalized spacial score (nSPS) is 13.6. The minimum atomic E-state index is -0.909. The van der Waals surface area contributed by atoms with Crippen LogP contribution in [0.5, 0.6) is 0 Å². The molecule has 0 saturated heterocycles. The fraction of sp³-hybridized carbons (Fsp3) is 0.529. The lowest BCUT2D eigenvalue weighted by atomic mass is 9.80. The highest BCUT2D eigenvalue weighted by Gasteiger charge is 2.35. The molecule has 4 nitrogen and oxygen atoms in total. The number of carboxylic acid groups (broad SMARTS) is 1. The monoisotopic (exact) mass is 291 g/mol.